The maximum atomic E-state index is 13.1. The number of Topliss-reactive ketones (excluding diaryl/α,β-unsaturated/α-hetero) is 1. The number of nitrogens with zero attached hydrogens (tertiary/aromatic N) is 2. The van der Waals surface area contributed by atoms with Crippen LogP contribution in [0.3, 0.4) is 0 Å². The fraction of sp³-hybridized carbons (Fsp3) is 0.286. The molecule has 0 unspecified atom stereocenters. The number of anilines is 1. The van der Waals surface area contributed by atoms with Crippen molar-refractivity contribution in [1.82, 2.24) is 14.6 Å². The van der Waals surface area contributed by atoms with E-state index in [1.165, 1.54) is 12.1 Å². The molecule has 3 N–H and O–H groups in total. The van der Waals surface area contributed by atoms with Gasteiger partial charge in [-0.3, -0.25) is 9.59 Å². The van der Waals surface area contributed by atoms with Crippen molar-refractivity contribution < 1.29 is 27.9 Å². The Balaban J connectivity index is 1.34. The minimum absolute atomic E-state index is 0.00862. The largest absolute Gasteiger partial charge is 0.480 e. The second-order valence-corrected chi connectivity index (χ2v) is 11.2. The lowest BCUT2D eigenvalue weighted by molar-refractivity contribution is -0.142. The summed E-state index contributed by atoms with van der Waals surface area (Å²) in [7, 11) is -3.89. The van der Waals surface area contributed by atoms with Crippen LogP contribution in [0, 0.1) is 0 Å². The highest BCUT2D eigenvalue weighted by atomic mass is 32.2. The topological polar surface area (TPSA) is 146 Å². The summed E-state index contributed by atoms with van der Waals surface area (Å²) in [6.45, 7) is 0.314. The maximum Gasteiger partial charge on any atom is 0.326 e. The molecule has 1 aromatic heterocycles. The molecular formula is C28H30N4O6S. The van der Waals surface area contributed by atoms with Gasteiger partial charge in [-0.2, -0.15) is 4.31 Å². The Morgan fingerprint density at radius 1 is 0.974 bits per heavy atom. The van der Waals surface area contributed by atoms with E-state index in [2.05, 4.69) is 15.6 Å². The molecule has 0 saturated carbocycles. The lowest BCUT2D eigenvalue weighted by atomic mass is 10.0. The van der Waals surface area contributed by atoms with Crippen molar-refractivity contribution in [1.29, 1.82) is 0 Å². The van der Waals surface area contributed by atoms with Gasteiger partial charge >= 0.3 is 5.97 Å². The molecule has 0 aliphatic carbocycles. The number of carbonyl (C=O) groups excluding carboxylic acids is 2. The van der Waals surface area contributed by atoms with Crippen molar-refractivity contribution in [2.45, 2.75) is 42.7 Å². The molecular weight excluding hydrogens is 520 g/mol. The summed E-state index contributed by atoms with van der Waals surface area (Å²) in [4.78, 5) is 41.5. The molecule has 1 aliphatic rings. The van der Waals surface area contributed by atoms with Crippen molar-refractivity contribution >= 4 is 33.5 Å². The van der Waals surface area contributed by atoms with Gasteiger partial charge in [-0.15, -0.1) is 0 Å². The van der Waals surface area contributed by atoms with Gasteiger partial charge in [0.05, 0.1) is 11.4 Å². The smallest absolute Gasteiger partial charge is 0.326 e. The average molecular weight is 551 g/mol. The number of nitrogens with one attached hydrogen (secondary N) is 2. The molecule has 0 bridgehead atoms. The number of carboxylic acid groups (broad SMARTS) is 1. The van der Waals surface area contributed by atoms with Crippen LogP contribution in [-0.4, -0.2) is 65.6 Å². The Morgan fingerprint density at radius 2 is 1.67 bits per heavy atom. The average Bonchev–Trinajstić information content (AvgIpc) is 3.45. The number of carboxylic acids is 1. The first-order valence-electron chi connectivity index (χ1n) is 12.6. The molecule has 39 heavy (non-hydrogen) atoms. The summed E-state index contributed by atoms with van der Waals surface area (Å²) >= 11 is 0. The Kier molecular flexibility index (Phi) is 9.05. The molecule has 1 aliphatic heterocycles. The Bertz CT molecular complexity index is 1400. The van der Waals surface area contributed by atoms with E-state index < -0.39 is 34.0 Å². The number of amides is 1. The van der Waals surface area contributed by atoms with Gasteiger partial charge in [0, 0.05) is 25.6 Å². The number of ketones is 1. The minimum Gasteiger partial charge on any atom is -0.480 e. The fourth-order valence-corrected chi connectivity index (χ4v) is 6.14. The second-order valence-electron chi connectivity index (χ2n) is 9.29. The highest BCUT2D eigenvalue weighted by molar-refractivity contribution is 7.89. The van der Waals surface area contributed by atoms with Crippen LogP contribution in [0.2, 0.25) is 0 Å². The molecule has 3 aromatic rings. The number of pyridine rings is 1. The van der Waals surface area contributed by atoms with Crippen LogP contribution < -0.4 is 10.6 Å². The molecule has 2 aromatic carbocycles. The van der Waals surface area contributed by atoms with Crippen molar-refractivity contribution in [3.05, 3.63) is 90.1 Å². The Morgan fingerprint density at radius 3 is 2.33 bits per heavy atom. The monoisotopic (exact) mass is 550 g/mol. The normalized spacial score (nSPS) is 16.4. The van der Waals surface area contributed by atoms with Gasteiger partial charge in [-0.05, 0) is 48.2 Å². The molecule has 11 heteroatoms. The lowest BCUT2D eigenvalue weighted by Crippen LogP contribution is -2.51. The van der Waals surface area contributed by atoms with Crippen molar-refractivity contribution in [3.8, 4) is 0 Å². The molecule has 2 heterocycles. The molecule has 204 valence electrons. The third-order valence-electron chi connectivity index (χ3n) is 6.47. The van der Waals surface area contributed by atoms with E-state index in [9.17, 15) is 27.9 Å². The van der Waals surface area contributed by atoms with E-state index in [4.69, 9.17) is 0 Å². The molecule has 2 atom stereocenters. The summed E-state index contributed by atoms with van der Waals surface area (Å²) in [6.07, 6.45) is 2.65. The molecule has 10 nitrogen and oxygen atoms in total. The number of sulfonamides is 1. The van der Waals surface area contributed by atoms with Crippen molar-refractivity contribution in [2.75, 3.05) is 18.4 Å². The van der Waals surface area contributed by atoms with Gasteiger partial charge in [0.25, 0.3) is 0 Å². The number of aliphatic carboxylic acids is 1. The Hall–Kier alpha value is -4.09. The van der Waals surface area contributed by atoms with E-state index >= 15 is 0 Å². The second kappa shape index (κ2) is 12.6. The molecule has 4 rings (SSSR count). The highest BCUT2D eigenvalue weighted by Crippen LogP contribution is 2.26. The number of hydrogen-bond acceptors (Lipinski definition) is 7. The minimum atomic E-state index is -3.89. The summed E-state index contributed by atoms with van der Waals surface area (Å²) in [5.41, 5.74) is 1.43. The van der Waals surface area contributed by atoms with Crippen LogP contribution in [0.1, 0.15) is 24.0 Å². The molecule has 1 saturated heterocycles. The molecule has 0 spiro atoms. The number of hydrogen-bond donors (Lipinski definition) is 3. The number of rotatable bonds is 12. The van der Waals surface area contributed by atoms with Crippen LogP contribution >= 0.6 is 0 Å². The van der Waals surface area contributed by atoms with E-state index in [1.807, 2.05) is 6.07 Å². The van der Waals surface area contributed by atoms with Gasteiger partial charge in [-0.25, -0.2) is 18.2 Å². The summed E-state index contributed by atoms with van der Waals surface area (Å²) in [5.74, 6) is -1.28. The van der Waals surface area contributed by atoms with Crippen LogP contribution in [-0.2, 0) is 37.2 Å². The maximum absolute atomic E-state index is 13.1. The number of carbonyl (C=O) groups is 3. The van der Waals surface area contributed by atoms with Crippen molar-refractivity contribution in [2.24, 2.45) is 0 Å². The quantitative estimate of drug-likeness (QED) is 0.311. The summed E-state index contributed by atoms with van der Waals surface area (Å²) in [5, 5.41) is 15.3. The van der Waals surface area contributed by atoms with Gasteiger partial charge in [0.2, 0.25) is 15.9 Å². The zero-order valence-electron chi connectivity index (χ0n) is 21.2. The third kappa shape index (κ3) is 7.27. The number of benzene rings is 2. The van der Waals surface area contributed by atoms with E-state index in [0.717, 1.165) is 9.87 Å². The highest BCUT2D eigenvalue weighted by Gasteiger charge is 2.40. The van der Waals surface area contributed by atoms with Gasteiger partial charge in [-0.1, -0.05) is 48.5 Å². The molecule has 1 amide bonds. The first-order chi connectivity index (χ1) is 18.7. The number of aromatic nitrogens is 1. The standard InChI is InChI=1S/C28H30N4O6S/c33-22(19-30-26-10-4-5-15-29-26)17-20-11-13-21(14-12-20)18-24(28(35)36)31-27(34)25-9-6-16-32(25)39(37,38)23-7-2-1-3-8-23/h1-5,7-8,10-15,24-25H,6,9,16-19H2,(H,29,30)(H,31,34)(H,35,36)/t24-,25-/m0/s1. The van der Waals surface area contributed by atoms with Crippen LogP contribution in [0.25, 0.3) is 0 Å². The van der Waals surface area contributed by atoms with Gasteiger partial charge in [0.15, 0.2) is 5.78 Å². The summed E-state index contributed by atoms with van der Waals surface area (Å²) in [6, 6.07) is 18.0. The molecule has 0 radical (unpaired) electrons. The zero-order valence-corrected chi connectivity index (χ0v) is 22.0. The van der Waals surface area contributed by atoms with E-state index in [0.29, 0.717) is 24.2 Å². The summed E-state index contributed by atoms with van der Waals surface area (Å²) < 4.78 is 27.3. The van der Waals surface area contributed by atoms with Crippen molar-refractivity contribution in [3.63, 3.8) is 0 Å². The zero-order chi connectivity index (χ0) is 27.8. The lowest BCUT2D eigenvalue weighted by Gasteiger charge is -2.25. The SMILES string of the molecule is O=C(CNc1ccccn1)Cc1ccc(C[C@H](NC(=O)[C@@H]2CCCN2S(=O)(=O)c2ccccc2)C(=O)O)cc1. The van der Waals surface area contributed by atoms with Crippen LogP contribution in [0.15, 0.2) is 83.9 Å². The van der Waals surface area contributed by atoms with Gasteiger partial charge < -0.3 is 15.7 Å². The predicted octanol–water partition coefficient (Wildman–Crippen LogP) is 2.27. The van der Waals surface area contributed by atoms with Crippen LogP contribution in [0.4, 0.5) is 5.82 Å². The van der Waals surface area contributed by atoms with Crippen LogP contribution in [0.5, 0.6) is 0 Å². The first-order valence-corrected chi connectivity index (χ1v) is 14.0. The van der Waals surface area contributed by atoms with E-state index in [-0.39, 0.29) is 36.6 Å². The third-order valence-corrected chi connectivity index (χ3v) is 8.39. The van der Waals surface area contributed by atoms with E-state index in [1.54, 1.807) is 60.8 Å². The first kappa shape index (κ1) is 27.9. The fourth-order valence-electron chi connectivity index (χ4n) is 4.46. The molecule has 1 fully saturated rings. The van der Waals surface area contributed by atoms with Gasteiger partial charge in [0.1, 0.15) is 17.9 Å². The Labute approximate surface area is 227 Å². The predicted molar refractivity (Wildman–Crippen MR) is 145 cm³/mol.